The van der Waals surface area contributed by atoms with Crippen LogP contribution in [0.1, 0.15) is 31.7 Å². The molecule has 1 aliphatic rings. The minimum absolute atomic E-state index is 0.194. The van der Waals surface area contributed by atoms with E-state index < -0.39 is 0 Å². The van der Waals surface area contributed by atoms with Crippen molar-refractivity contribution in [1.82, 2.24) is 0 Å². The molecular weight excluding hydrogens is 248 g/mol. The van der Waals surface area contributed by atoms with E-state index in [9.17, 15) is 0 Å². The molecule has 0 amide bonds. The van der Waals surface area contributed by atoms with Crippen molar-refractivity contribution in [3.05, 3.63) is 34.9 Å². The second-order valence-corrected chi connectivity index (χ2v) is 5.45. The Hall–Kier alpha value is -1.22. The molecule has 1 aromatic rings. The second kappa shape index (κ2) is 5.61. The van der Waals surface area contributed by atoms with E-state index in [0.717, 1.165) is 11.4 Å². The summed E-state index contributed by atoms with van der Waals surface area (Å²) in [6, 6.07) is 8.57. The summed E-state index contributed by atoms with van der Waals surface area (Å²) in [5.41, 5.74) is 6.84. The van der Waals surface area contributed by atoms with Gasteiger partial charge < -0.3 is 10.5 Å². The third-order valence-electron chi connectivity index (χ3n) is 3.52. The third-order valence-corrected chi connectivity index (χ3v) is 3.77. The van der Waals surface area contributed by atoms with Crippen LogP contribution in [0.4, 0.5) is 0 Å². The van der Waals surface area contributed by atoms with Gasteiger partial charge in [0.15, 0.2) is 0 Å². The summed E-state index contributed by atoms with van der Waals surface area (Å²) in [5, 5.41) is 0.778. The molecule has 4 heteroatoms. The second-order valence-electron chi connectivity index (χ2n) is 5.01. The van der Waals surface area contributed by atoms with Crippen molar-refractivity contribution in [2.24, 2.45) is 16.6 Å². The smallest absolute Gasteiger partial charge is 0.282 e. The van der Waals surface area contributed by atoms with Crippen LogP contribution in [0.3, 0.4) is 0 Å². The molecule has 1 aromatic carbocycles. The fraction of sp³-hybridized carbons (Fsp3) is 0.500. The van der Waals surface area contributed by atoms with Crippen LogP contribution in [0.5, 0.6) is 0 Å². The fourth-order valence-electron chi connectivity index (χ4n) is 2.34. The summed E-state index contributed by atoms with van der Waals surface area (Å²) < 4.78 is 5.20. The quantitative estimate of drug-likeness (QED) is 0.910. The van der Waals surface area contributed by atoms with E-state index in [4.69, 9.17) is 22.1 Å². The highest BCUT2D eigenvalue weighted by Crippen LogP contribution is 2.28. The Morgan fingerprint density at radius 2 is 2.06 bits per heavy atom. The van der Waals surface area contributed by atoms with Gasteiger partial charge in [-0.3, -0.25) is 0 Å². The van der Waals surface area contributed by atoms with Crippen molar-refractivity contribution in [3.8, 4) is 0 Å². The Kier molecular flexibility index (Phi) is 4.12. The van der Waals surface area contributed by atoms with Gasteiger partial charge in [0.25, 0.3) is 6.02 Å². The van der Waals surface area contributed by atoms with Crippen molar-refractivity contribution in [2.75, 3.05) is 6.61 Å². The van der Waals surface area contributed by atoms with E-state index >= 15 is 0 Å². The van der Waals surface area contributed by atoms with Gasteiger partial charge in [-0.1, -0.05) is 37.6 Å². The fourth-order valence-corrected chi connectivity index (χ4v) is 2.47. The normalized spacial score (nSPS) is 22.2. The van der Waals surface area contributed by atoms with Crippen molar-refractivity contribution >= 4 is 17.6 Å². The first-order chi connectivity index (χ1) is 8.56. The first kappa shape index (κ1) is 13.2. The standard InChI is InChI=1S/C14H19ClN2O/c1-9(11-3-5-12(15)6-4-11)7-10(2)13-8-18-14(16)17-13/h3-6,9-10,13H,7-8H2,1-2H3,(H2,16,17)/t9?,10?,13-/m1/s1. The Labute approximate surface area is 113 Å². The van der Waals surface area contributed by atoms with Gasteiger partial charge in [0.1, 0.15) is 6.61 Å². The molecule has 0 radical (unpaired) electrons. The first-order valence-electron chi connectivity index (χ1n) is 6.28. The zero-order valence-corrected chi connectivity index (χ0v) is 11.5. The average molecular weight is 267 g/mol. The molecule has 18 heavy (non-hydrogen) atoms. The SMILES string of the molecule is CC(CC(C)[C@H]1COC(N)=N1)c1ccc(Cl)cc1. The number of nitrogens with two attached hydrogens (primary N) is 1. The van der Waals surface area contributed by atoms with Crippen LogP contribution in [-0.2, 0) is 4.74 Å². The monoisotopic (exact) mass is 266 g/mol. The maximum Gasteiger partial charge on any atom is 0.282 e. The predicted octanol–water partition coefficient (Wildman–Crippen LogP) is 3.18. The zero-order valence-electron chi connectivity index (χ0n) is 10.8. The first-order valence-corrected chi connectivity index (χ1v) is 6.65. The molecule has 0 aromatic heterocycles. The number of amidine groups is 1. The summed E-state index contributed by atoms with van der Waals surface area (Å²) in [7, 11) is 0. The van der Waals surface area contributed by atoms with Crippen LogP contribution in [0.25, 0.3) is 0 Å². The maximum atomic E-state index is 5.89. The molecule has 3 nitrogen and oxygen atoms in total. The van der Waals surface area contributed by atoms with Gasteiger partial charge in [-0.2, -0.15) is 0 Å². The molecular formula is C14H19ClN2O. The van der Waals surface area contributed by atoms with Crippen LogP contribution >= 0.6 is 11.6 Å². The number of aliphatic imine (C=N–C) groups is 1. The number of hydrogen-bond donors (Lipinski definition) is 1. The summed E-state index contributed by atoms with van der Waals surface area (Å²) in [5.74, 6) is 0.936. The zero-order chi connectivity index (χ0) is 13.1. The summed E-state index contributed by atoms with van der Waals surface area (Å²) in [6.07, 6.45) is 1.06. The van der Waals surface area contributed by atoms with Gasteiger partial charge in [0.05, 0.1) is 6.04 Å². The number of benzene rings is 1. The van der Waals surface area contributed by atoms with Gasteiger partial charge in [-0.25, -0.2) is 4.99 Å². The lowest BCUT2D eigenvalue weighted by atomic mass is 9.88. The molecule has 98 valence electrons. The molecule has 3 atom stereocenters. The highest BCUT2D eigenvalue weighted by molar-refractivity contribution is 6.30. The Balaban J connectivity index is 1.94. The summed E-state index contributed by atoms with van der Waals surface area (Å²) >= 11 is 5.89. The lowest BCUT2D eigenvalue weighted by Gasteiger charge is -2.20. The molecule has 0 bridgehead atoms. The molecule has 0 spiro atoms. The van der Waals surface area contributed by atoms with E-state index in [-0.39, 0.29) is 6.04 Å². The highest BCUT2D eigenvalue weighted by atomic mass is 35.5. The molecule has 1 heterocycles. The number of rotatable bonds is 4. The van der Waals surface area contributed by atoms with E-state index in [1.807, 2.05) is 12.1 Å². The van der Waals surface area contributed by atoms with Crippen LogP contribution < -0.4 is 5.73 Å². The molecule has 0 fully saturated rings. The van der Waals surface area contributed by atoms with Crippen molar-refractivity contribution in [3.63, 3.8) is 0 Å². The van der Waals surface area contributed by atoms with Crippen molar-refractivity contribution < 1.29 is 4.74 Å². The van der Waals surface area contributed by atoms with Crippen LogP contribution in [-0.4, -0.2) is 18.7 Å². The topological polar surface area (TPSA) is 47.6 Å². The minimum atomic E-state index is 0.194. The van der Waals surface area contributed by atoms with Gasteiger partial charge in [0, 0.05) is 5.02 Å². The van der Waals surface area contributed by atoms with E-state index in [1.165, 1.54) is 5.56 Å². The van der Waals surface area contributed by atoms with Gasteiger partial charge >= 0.3 is 0 Å². The van der Waals surface area contributed by atoms with Gasteiger partial charge in [0.2, 0.25) is 0 Å². The van der Waals surface area contributed by atoms with Crippen LogP contribution in [0.15, 0.2) is 29.3 Å². The minimum Gasteiger partial charge on any atom is -0.463 e. The Bertz CT molecular complexity index is 430. The number of ether oxygens (including phenoxy) is 1. The molecule has 2 rings (SSSR count). The lowest BCUT2D eigenvalue weighted by Crippen LogP contribution is -2.19. The largest absolute Gasteiger partial charge is 0.463 e. The third kappa shape index (κ3) is 3.16. The van der Waals surface area contributed by atoms with Crippen LogP contribution in [0.2, 0.25) is 5.02 Å². The van der Waals surface area contributed by atoms with Gasteiger partial charge in [-0.15, -0.1) is 0 Å². The number of nitrogens with zero attached hydrogens (tertiary/aromatic N) is 1. The summed E-state index contributed by atoms with van der Waals surface area (Å²) in [6.45, 7) is 5.03. The van der Waals surface area contributed by atoms with E-state index in [1.54, 1.807) is 0 Å². The highest BCUT2D eigenvalue weighted by Gasteiger charge is 2.24. The predicted molar refractivity (Wildman–Crippen MR) is 75.0 cm³/mol. The molecule has 1 aliphatic heterocycles. The van der Waals surface area contributed by atoms with Crippen molar-refractivity contribution in [1.29, 1.82) is 0 Å². The molecule has 2 N–H and O–H groups in total. The van der Waals surface area contributed by atoms with Crippen LogP contribution in [0, 0.1) is 5.92 Å². The Morgan fingerprint density at radius 3 is 2.61 bits per heavy atom. The Morgan fingerprint density at radius 1 is 1.39 bits per heavy atom. The molecule has 0 aliphatic carbocycles. The molecule has 2 unspecified atom stereocenters. The average Bonchev–Trinajstić information content (AvgIpc) is 2.76. The van der Waals surface area contributed by atoms with Gasteiger partial charge in [-0.05, 0) is 36.0 Å². The van der Waals surface area contributed by atoms with E-state index in [2.05, 4.69) is 31.0 Å². The summed E-state index contributed by atoms with van der Waals surface area (Å²) in [4.78, 5) is 4.30. The van der Waals surface area contributed by atoms with Crippen molar-refractivity contribution in [2.45, 2.75) is 32.2 Å². The molecule has 0 saturated carbocycles. The van der Waals surface area contributed by atoms with E-state index in [0.29, 0.717) is 24.5 Å². The number of halogens is 1. The molecule has 0 saturated heterocycles. The maximum absolute atomic E-state index is 5.89. The number of hydrogen-bond acceptors (Lipinski definition) is 3. The lowest BCUT2D eigenvalue weighted by molar-refractivity contribution is 0.272.